The highest BCUT2D eigenvalue weighted by atomic mass is 35.5. The number of ether oxygens (including phenoxy) is 1. The van der Waals surface area contributed by atoms with Gasteiger partial charge in [0, 0.05) is 5.02 Å². The van der Waals surface area contributed by atoms with Crippen molar-refractivity contribution in [2.45, 2.75) is 19.4 Å². The number of nitrogens with one attached hydrogen (secondary N) is 1. The predicted octanol–water partition coefficient (Wildman–Crippen LogP) is 1.03. The average molecular weight is 336 g/mol. The van der Waals surface area contributed by atoms with E-state index in [0.717, 1.165) is 10.5 Å². The molecule has 2 aliphatic heterocycles. The fourth-order valence-electron chi connectivity index (χ4n) is 2.81. The zero-order valence-electron chi connectivity index (χ0n) is 12.7. The van der Waals surface area contributed by atoms with Crippen LogP contribution in [-0.2, 0) is 19.1 Å². The summed E-state index contributed by atoms with van der Waals surface area (Å²) in [6.45, 7) is 3.35. The van der Waals surface area contributed by atoms with E-state index in [4.69, 9.17) is 11.6 Å². The molecule has 2 amide bonds. The number of hydrogen-bond donors (Lipinski definition) is 1. The maximum atomic E-state index is 12.8. The predicted molar refractivity (Wildman–Crippen MR) is 83.2 cm³/mol. The number of fused-ring (bicyclic) bond motifs is 1. The Balaban J connectivity index is 2.05. The fraction of sp³-hybridized carbons (Fsp3) is 0.333. The molecule has 2 aliphatic rings. The number of benzene rings is 1. The van der Waals surface area contributed by atoms with Crippen LogP contribution in [0.15, 0.2) is 23.3 Å². The van der Waals surface area contributed by atoms with Gasteiger partial charge >= 0.3 is 5.97 Å². The lowest BCUT2D eigenvalue weighted by atomic mass is 9.86. The lowest BCUT2D eigenvalue weighted by molar-refractivity contribution is -0.133. The SMILES string of the molecule is COC(=O)C1=NN[C@]2(C)C(=O)N(c3ccc(C)c(Cl)c3)C(=O)[C@@H]12. The zero-order chi connectivity index (χ0) is 16.9. The summed E-state index contributed by atoms with van der Waals surface area (Å²) >= 11 is 6.08. The number of carbonyl (C=O) groups excluding carboxylic acids is 3. The van der Waals surface area contributed by atoms with E-state index in [0.29, 0.717) is 10.7 Å². The largest absolute Gasteiger partial charge is 0.464 e. The first-order chi connectivity index (χ1) is 10.8. The standard InChI is InChI=1S/C15H14ClN3O4/c1-7-4-5-8(6-9(7)16)19-12(20)10-11(13(21)23-3)17-18-15(10,2)14(19)22/h4-6,10,18H,1-3H3/t10-,15+/m1/s1. The highest BCUT2D eigenvalue weighted by Gasteiger charge is 2.63. The first-order valence-electron chi connectivity index (χ1n) is 6.89. The molecule has 0 aliphatic carbocycles. The number of imide groups is 1. The van der Waals surface area contributed by atoms with Crippen LogP contribution in [0.3, 0.4) is 0 Å². The maximum Gasteiger partial charge on any atom is 0.355 e. The van der Waals surface area contributed by atoms with Crippen LogP contribution in [0.4, 0.5) is 5.69 Å². The summed E-state index contributed by atoms with van der Waals surface area (Å²) < 4.78 is 4.63. The molecule has 0 saturated carbocycles. The van der Waals surface area contributed by atoms with Gasteiger partial charge in [-0.15, -0.1) is 0 Å². The van der Waals surface area contributed by atoms with Gasteiger partial charge in [0.1, 0.15) is 11.5 Å². The molecule has 23 heavy (non-hydrogen) atoms. The molecule has 8 heteroatoms. The summed E-state index contributed by atoms with van der Waals surface area (Å²) in [6.07, 6.45) is 0. The average Bonchev–Trinajstić information content (AvgIpc) is 2.96. The number of anilines is 1. The normalized spacial score (nSPS) is 26.0. The van der Waals surface area contributed by atoms with Gasteiger partial charge in [0.2, 0.25) is 5.91 Å². The number of hydrogen-bond acceptors (Lipinski definition) is 6. The lowest BCUT2D eigenvalue weighted by Gasteiger charge is -2.20. The minimum Gasteiger partial charge on any atom is -0.464 e. The van der Waals surface area contributed by atoms with E-state index in [9.17, 15) is 14.4 Å². The van der Waals surface area contributed by atoms with Crippen molar-refractivity contribution in [3.8, 4) is 0 Å². The van der Waals surface area contributed by atoms with Crippen molar-refractivity contribution in [2.24, 2.45) is 11.0 Å². The Bertz CT molecular complexity index is 776. The van der Waals surface area contributed by atoms with Gasteiger partial charge in [0.15, 0.2) is 5.71 Å². The lowest BCUT2D eigenvalue weighted by Crippen LogP contribution is -2.48. The molecule has 1 saturated heterocycles. The summed E-state index contributed by atoms with van der Waals surface area (Å²) in [5.74, 6) is -2.79. The second-order valence-corrected chi connectivity index (χ2v) is 6.06. The molecule has 2 atom stereocenters. The summed E-state index contributed by atoms with van der Waals surface area (Å²) in [6, 6.07) is 4.90. The second-order valence-electron chi connectivity index (χ2n) is 5.65. The number of nitrogens with zero attached hydrogens (tertiary/aromatic N) is 2. The summed E-state index contributed by atoms with van der Waals surface area (Å²) in [5, 5.41) is 4.27. The maximum absolute atomic E-state index is 12.8. The fourth-order valence-corrected chi connectivity index (χ4v) is 2.98. The monoisotopic (exact) mass is 335 g/mol. The van der Waals surface area contributed by atoms with Crippen molar-refractivity contribution in [1.29, 1.82) is 0 Å². The number of esters is 1. The Morgan fingerprint density at radius 3 is 2.74 bits per heavy atom. The Morgan fingerprint density at radius 2 is 2.13 bits per heavy atom. The highest BCUT2D eigenvalue weighted by molar-refractivity contribution is 6.47. The van der Waals surface area contributed by atoms with Crippen LogP contribution >= 0.6 is 11.6 Å². The molecule has 0 unspecified atom stereocenters. The third kappa shape index (κ3) is 2.03. The van der Waals surface area contributed by atoms with E-state index < -0.39 is 29.2 Å². The van der Waals surface area contributed by atoms with Crippen LogP contribution < -0.4 is 10.3 Å². The second kappa shape index (κ2) is 5.06. The third-order valence-corrected chi connectivity index (χ3v) is 4.59. The summed E-state index contributed by atoms with van der Waals surface area (Å²) in [5.41, 5.74) is 2.39. The van der Waals surface area contributed by atoms with Gasteiger partial charge in [-0.05, 0) is 31.5 Å². The molecule has 1 N–H and O–H groups in total. The Kier molecular flexibility index (Phi) is 3.40. The van der Waals surface area contributed by atoms with Crippen LogP contribution in [-0.4, -0.2) is 36.1 Å². The summed E-state index contributed by atoms with van der Waals surface area (Å²) in [7, 11) is 1.19. The van der Waals surface area contributed by atoms with Crippen LogP contribution in [0.5, 0.6) is 0 Å². The van der Waals surface area contributed by atoms with Gasteiger partial charge in [-0.3, -0.25) is 15.0 Å². The topological polar surface area (TPSA) is 88.1 Å². The van der Waals surface area contributed by atoms with Gasteiger partial charge < -0.3 is 4.74 Å². The van der Waals surface area contributed by atoms with Crippen molar-refractivity contribution in [2.75, 3.05) is 12.0 Å². The molecule has 1 aromatic carbocycles. The molecule has 0 aromatic heterocycles. The molecule has 2 heterocycles. The molecular weight excluding hydrogens is 322 g/mol. The van der Waals surface area contributed by atoms with Crippen molar-refractivity contribution in [1.82, 2.24) is 5.43 Å². The van der Waals surface area contributed by atoms with Crippen molar-refractivity contribution in [3.63, 3.8) is 0 Å². The summed E-state index contributed by atoms with van der Waals surface area (Å²) in [4.78, 5) is 38.3. The number of carbonyl (C=O) groups is 3. The van der Waals surface area contributed by atoms with Gasteiger partial charge in [0.05, 0.1) is 12.8 Å². The molecule has 0 radical (unpaired) electrons. The van der Waals surface area contributed by atoms with Crippen molar-refractivity contribution >= 4 is 40.8 Å². The molecule has 0 spiro atoms. The quantitative estimate of drug-likeness (QED) is 0.644. The number of aryl methyl sites for hydroxylation is 1. The number of amides is 2. The van der Waals surface area contributed by atoms with Gasteiger partial charge in [-0.2, -0.15) is 5.10 Å². The minimum atomic E-state index is -1.31. The smallest absolute Gasteiger partial charge is 0.355 e. The van der Waals surface area contributed by atoms with E-state index in [2.05, 4.69) is 15.3 Å². The van der Waals surface area contributed by atoms with Crippen LogP contribution in [0.1, 0.15) is 12.5 Å². The van der Waals surface area contributed by atoms with Gasteiger partial charge in [-0.25, -0.2) is 9.69 Å². The Hall–Kier alpha value is -2.41. The molecule has 1 fully saturated rings. The molecule has 0 bridgehead atoms. The highest BCUT2D eigenvalue weighted by Crippen LogP contribution is 2.38. The van der Waals surface area contributed by atoms with Crippen LogP contribution in [0, 0.1) is 12.8 Å². The molecule has 3 rings (SSSR count). The zero-order valence-corrected chi connectivity index (χ0v) is 13.5. The number of rotatable bonds is 2. The number of methoxy groups -OCH3 is 1. The van der Waals surface area contributed by atoms with E-state index in [1.807, 2.05) is 6.92 Å². The van der Waals surface area contributed by atoms with Crippen LogP contribution in [0.2, 0.25) is 5.02 Å². The van der Waals surface area contributed by atoms with Gasteiger partial charge in [-0.1, -0.05) is 17.7 Å². The Morgan fingerprint density at radius 1 is 1.43 bits per heavy atom. The molecule has 120 valence electrons. The van der Waals surface area contributed by atoms with Crippen molar-refractivity contribution in [3.05, 3.63) is 28.8 Å². The molecular formula is C15H14ClN3O4. The van der Waals surface area contributed by atoms with E-state index in [1.165, 1.54) is 14.0 Å². The van der Waals surface area contributed by atoms with Crippen molar-refractivity contribution < 1.29 is 19.1 Å². The Labute approximate surface area is 137 Å². The first kappa shape index (κ1) is 15.5. The van der Waals surface area contributed by atoms with E-state index in [-0.39, 0.29) is 5.71 Å². The minimum absolute atomic E-state index is 0.103. The molecule has 1 aromatic rings. The van der Waals surface area contributed by atoms with Gasteiger partial charge in [0.25, 0.3) is 5.91 Å². The van der Waals surface area contributed by atoms with E-state index >= 15 is 0 Å². The third-order valence-electron chi connectivity index (χ3n) is 4.18. The van der Waals surface area contributed by atoms with Crippen LogP contribution in [0.25, 0.3) is 0 Å². The number of hydrazone groups is 1. The first-order valence-corrected chi connectivity index (χ1v) is 7.26. The van der Waals surface area contributed by atoms with E-state index in [1.54, 1.807) is 18.2 Å². The molecule has 7 nitrogen and oxygen atoms in total. The number of halogens is 1.